The lowest BCUT2D eigenvalue weighted by molar-refractivity contribution is -0.130. The van der Waals surface area contributed by atoms with E-state index in [0.717, 1.165) is 19.3 Å². The number of rotatable bonds is 11. The van der Waals surface area contributed by atoms with Gasteiger partial charge in [-0.05, 0) is 81.2 Å². The second-order valence-electron chi connectivity index (χ2n) is 13.2. The first kappa shape index (κ1) is 39.1. The highest BCUT2D eigenvalue weighted by Crippen LogP contribution is 2.47. The summed E-state index contributed by atoms with van der Waals surface area (Å²) in [7, 11) is 4.38. The minimum Gasteiger partial charge on any atom is -0.507 e. The molecule has 2 atom stereocenters. The predicted octanol–water partition coefficient (Wildman–Crippen LogP) is 6.04. The van der Waals surface area contributed by atoms with Crippen LogP contribution in [0.3, 0.4) is 0 Å². The Kier molecular flexibility index (Phi) is 14.6. The first-order valence-electron chi connectivity index (χ1n) is 17.9. The summed E-state index contributed by atoms with van der Waals surface area (Å²) in [5.74, 6) is -1.79. The van der Waals surface area contributed by atoms with E-state index in [1.54, 1.807) is 31.2 Å². The Labute approximate surface area is 300 Å². The molecular formula is C39H52N2O10. The lowest BCUT2D eigenvalue weighted by Crippen LogP contribution is -2.34. The Hall–Kier alpha value is -4.74. The molecular weight excluding hydrogens is 656 g/mol. The van der Waals surface area contributed by atoms with Crippen LogP contribution in [0.1, 0.15) is 117 Å². The number of ether oxygens (including phenoxy) is 4. The second-order valence-corrected chi connectivity index (χ2v) is 13.2. The molecule has 2 heterocycles. The average molecular weight is 709 g/mol. The summed E-state index contributed by atoms with van der Waals surface area (Å²) >= 11 is 0. The van der Waals surface area contributed by atoms with Crippen LogP contribution in [0.2, 0.25) is 0 Å². The summed E-state index contributed by atoms with van der Waals surface area (Å²) in [6.45, 7) is 3.29. The highest BCUT2D eigenvalue weighted by molar-refractivity contribution is 5.98. The number of carbonyl (C=O) groups is 4. The number of cyclic esters (lactones) is 1. The monoisotopic (exact) mass is 708 g/mol. The summed E-state index contributed by atoms with van der Waals surface area (Å²) in [4.78, 5) is 53.8. The van der Waals surface area contributed by atoms with Gasteiger partial charge in [-0.3, -0.25) is 14.4 Å². The molecule has 51 heavy (non-hydrogen) atoms. The van der Waals surface area contributed by atoms with Gasteiger partial charge in [-0.2, -0.15) is 0 Å². The van der Waals surface area contributed by atoms with Gasteiger partial charge in [-0.1, -0.05) is 18.6 Å². The number of fused-ring (bicyclic) bond motifs is 1. The number of carbonyl (C=O) groups excluding carboxylic acids is 4. The number of Topliss-reactive ketones (excluding diaryl/α,β-unsaturated/α-hetero) is 1. The summed E-state index contributed by atoms with van der Waals surface area (Å²) in [6.07, 6.45) is 9.70. The summed E-state index contributed by atoms with van der Waals surface area (Å²) in [5, 5.41) is 26.4. The van der Waals surface area contributed by atoms with Crippen LogP contribution in [-0.2, 0) is 19.1 Å². The number of aromatic hydroxyl groups is 2. The number of hydrogen-bond donors (Lipinski definition) is 3. The van der Waals surface area contributed by atoms with Gasteiger partial charge in [0.15, 0.2) is 11.5 Å². The number of esters is 1. The van der Waals surface area contributed by atoms with Crippen LogP contribution in [0.5, 0.6) is 28.7 Å². The maximum absolute atomic E-state index is 13.7. The van der Waals surface area contributed by atoms with Crippen LogP contribution >= 0.6 is 0 Å². The number of phenolic OH excluding ortho intramolecular Hbond substituents is 2. The summed E-state index contributed by atoms with van der Waals surface area (Å²) in [5.41, 5.74) is 0.505. The molecule has 1 saturated heterocycles. The summed E-state index contributed by atoms with van der Waals surface area (Å²) in [6, 6.07) is 4.65. The normalized spacial score (nSPS) is 18.2. The number of likely N-dealkylation sites (tertiary alicyclic amines) is 1. The van der Waals surface area contributed by atoms with Gasteiger partial charge in [0.2, 0.25) is 17.6 Å². The van der Waals surface area contributed by atoms with Crippen molar-refractivity contribution in [2.75, 3.05) is 41.0 Å². The fraction of sp³-hybridized carbons (Fsp3) is 0.538. The Morgan fingerprint density at radius 1 is 0.961 bits per heavy atom. The number of nitrogens with one attached hydrogen (secondary N) is 1. The lowest BCUT2D eigenvalue weighted by atomic mass is 9.84. The van der Waals surface area contributed by atoms with Crippen molar-refractivity contribution in [2.24, 2.45) is 0 Å². The minimum atomic E-state index is -0.982. The Morgan fingerprint density at radius 3 is 2.39 bits per heavy atom. The van der Waals surface area contributed by atoms with Crippen molar-refractivity contribution in [3.63, 3.8) is 0 Å². The molecule has 12 heteroatoms. The number of amides is 2. The number of ketones is 1. The topological polar surface area (TPSA) is 161 Å². The van der Waals surface area contributed by atoms with Crippen molar-refractivity contribution in [3.8, 4) is 28.7 Å². The molecule has 4 rings (SSSR count). The molecule has 2 aromatic carbocycles. The van der Waals surface area contributed by atoms with Crippen molar-refractivity contribution >= 4 is 29.6 Å². The van der Waals surface area contributed by atoms with E-state index in [9.17, 15) is 29.4 Å². The molecule has 0 aromatic heterocycles. The van der Waals surface area contributed by atoms with E-state index in [2.05, 4.69) is 5.32 Å². The van der Waals surface area contributed by atoms with E-state index in [1.807, 2.05) is 4.90 Å². The number of nitrogens with zero attached hydrogens (tertiary/aromatic N) is 1. The SMILES string of the molecule is COc1cc(C(CC(=O)NCCCN2CCCCCC2=O)c2c(O)cc3c(c2O)C(=O)O[C@@H](C)CCCC(=O)CCCC=C3)cc(OC)c1OC. The van der Waals surface area contributed by atoms with Gasteiger partial charge in [0, 0.05) is 56.8 Å². The minimum absolute atomic E-state index is 0.0435. The zero-order chi connectivity index (χ0) is 36.9. The number of allylic oxidation sites excluding steroid dienone is 1. The average Bonchev–Trinajstić information content (AvgIpc) is 3.31. The molecule has 2 aromatic rings. The third-order valence-corrected chi connectivity index (χ3v) is 9.48. The van der Waals surface area contributed by atoms with Crippen molar-refractivity contribution < 1.29 is 48.3 Å². The fourth-order valence-corrected chi connectivity index (χ4v) is 6.74. The van der Waals surface area contributed by atoms with E-state index in [-0.39, 0.29) is 46.5 Å². The largest absolute Gasteiger partial charge is 0.507 e. The van der Waals surface area contributed by atoms with Crippen molar-refractivity contribution in [3.05, 3.63) is 46.5 Å². The number of phenols is 2. The smallest absolute Gasteiger partial charge is 0.342 e. The molecule has 278 valence electrons. The van der Waals surface area contributed by atoms with Gasteiger partial charge in [0.05, 0.1) is 27.4 Å². The Morgan fingerprint density at radius 2 is 1.69 bits per heavy atom. The molecule has 2 amide bonds. The second kappa shape index (κ2) is 19.0. The highest BCUT2D eigenvalue weighted by atomic mass is 16.5. The van der Waals surface area contributed by atoms with E-state index in [1.165, 1.54) is 27.4 Å². The van der Waals surface area contributed by atoms with Gasteiger partial charge < -0.3 is 39.4 Å². The Balaban J connectivity index is 1.73. The zero-order valence-electron chi connectivity index (χ0n) is 30.3. The molecule has 0 radical (unpaired) electrons. The third-order valence-electron chi connectivity index (χ3n) is 9.48. The van der Waals surface area contributed by atoms with Crippen LogP contribution in [0.4, 0.5) is 0 Å². The molecule has 2 aliphatic heterocycles. The molecule has 0 saturated carbocycles. The maximum Gasteiger partial charge on any atom is 0.342 e. The maximum atomic E-state index is 13.7. The van der Waals surface area contributed by atoms with Crippen LogP contribution in [-0.4, -0.2) is 85.7 Å². The molecule has 12 nitrogen and oxygen atoms in total. The molecule has 1 fully saturated rings. The van der Waals surface area contributed by atoms with Gasteiger partial charge in [-0.25, -0.2) is 4.79 Å². The van der Waals surface area contributed by atoms with Crippen molar-refractivity contribution in [1.82, 2.24) is 10.2 Å². The number of benzene rings is 2. The van der Waals surface area contributed by atoms with Crippen LogP contribution in [0, 0.1) is 0 Å². The highest BCUT2D eigenvalue weighted by Gasteiger charge is 2.32. The quantitative estimate of drug-likeness (QED) is 0.186. The van der Waals surface area contributed by atoms with Gasteiger partial charge in [-0.15, -0.1) is 0 Å². The van der Waals surface area contributed by atoms with Crippen LogP contribution in [0.15, 0.2) is 24.3 Å². The number of methoxy groups -OCH3 is 3. The fourth-order valence-electron chi connectivity index (χ4n) is 6.74. The first-order valence-corrected chi connectivity index (χ1v) is 17.9. The van der Waals surface area contributed by atoms with E-state index < -0.39 is 23.7 Å². The molecule has 0 bridgehead atoms. The standard InChI is InChI=1S/C39H52N2O10/c1-25-13-11-16-28(42)15-8-5-7-14-26-21-30(43)36(37(46)35(26)39(47)51-25)29(27-22-31(48-2)38(50-4)32(23-27)49-3)24-33(44)40-18-12-20-41-19-10-6-9-17-34(41)45/h7,14,21-23,25,29,43,46H,5-6,8-13,15-20,24H2,1-4H3,(H,40,44)/t25-,29?/m0/s1. The van der Waals surface area contributed by atoms with E-state index in [0.29, 0.717) is 93.8 Å². The molecule has 0 aliphatic carbocycles. The Bertz CT molecular complexity index is 1560. The van der Waals surface area contributed by atoms with Gasteiger partial charge in [0.1, 0.15) is 22.8 Å². The van der Waals surface area contributed by atoms with Crippen molar-refractivity contribution in [1.29, 1.82) is 0 Å². The van der Waals surface area contributed by atoms with Crippen LogP contribution in [0.25, 0.3) is 6.08 Å². The first-order chi connectivity index (χ1) is 24.6. The zero-order valence-corrected chi connectivity index (χ0v) is 30.3. The van der Waals surface area contributed by atoms with Crippen molar-refractivity contribution in [2.45, 2.75) is 96.0 Å². The molecule has 0 spiro atoms. The molecule has 3 N–H and O–H groups in total. The predicted molar refractivity (Wildman–Crippen MR) is 192 cm³/mol. The van der Waals surface area contributed by atoms with Crippen LogP contribution < -0.4 is 19.5 Å². The van der Waals surface area contributed by atoms with E-state index in [4.69, 9.17) is 18.9 Å². The van der Waals surface area contributed by atoms with Gasteiger partial charge >= 0.3 is 5.97 Å². The van der Waals surface area contributed by atoms with Gasteiger partial charge in [0.25, 0.3) is 0 Å². The van der Waals surface area contributed by atoms with E-state index >= 15 is 0 Å². The lowest BCUT2D eigenvalue weighted by Gasteiger charge is -2.24. The summed E-state index contributed by atoms with van der Waals surface area (Å²) < 4.78 is 22.4. The molecule has 1 unspecified atom stereocenters. The number of hydrogen-bond acceptors (Lipinski definition) is 10. The molecule has 2 aliphatic rings. The third kappa shape index (κ3) is 10.4.